The van der Waals surface area contributed by atoms with E-state index in [9.17, 15) is 18.0 Å². The van der Waals surface area contributed by atoms with Gasteiger partial charge in [-0.3, -0.25) is 0 Å². The van der Waals surface area contributed by atoms with Crippen molar-refractivity contribution in [2.24, 2.45) is 0 Å². The maximum atomic E-state index is 11.8. The Morgan fingerprint density at radius 2 is 2.00 bits per heavy atom. The molecule has 0 heterocycles. The van der Waals surface area contributed by atoms with Crippen molar-refractivity contribution in [1.29, 1.82) is 5.26 Å². The third kappa shape index (κ3) is 4.42. The van der Waals surface area contributed by atoms with E-state index in [4.69, 9.17) is 5.26 Å². The predicted octanol–water partition coefficient (Wildman–Crippen LogP) is 2.24. The van der Waals surface area contributed by atoms with E-state index in [-0.39, 0.29) is 11.3 Å². The van der Waals surface area contributed by atoms with Crippen LogP contribution >= 0.6 is 0 Å². The molecule has 0 aliphatic carbocycles. The summed E-state index contributed by atoms with van der Waals surface area (Å²) in [6, 6.07) is 6.80. The minimum absolute atomic E-state index is 0.162. The number of halogens is 3. The maximum absolute atomic E-state index is 11.8. The van der Waals surface area contributed by atoms with Crippen molar-refractivity contribution in [2.75, 3.05) is 11.9 Å². The Kier molecular flexibility index (Phi) is 3.93. The molecule has 2 amide bonds. The molecule has 0 fully saturated rings. The van der Waals surface area contributed by atoms with Crippen LogP contribution in [0.1, 0.15) is 5.56 Å². The van der Waals surface area contributed by atoms with Crippen molar-refractivity contribution >= 4 is 11.7 Å². The van der Waals surface area contributed by atoms with Crippen LogP contribution in [0.4, 0.5) is 23.7 Å². The molecule has 0 aliphatic heterocycles. The molecule has 0 atom stereocenters. The zero-order valence-electron chi connectivity index (χ0n) is 8.51. The highest BCUT2D eigenvalue weighted by molar-refractivity contribution is 5.90. The van der Waals surface area contributed by atoms with Crippen LogP contribution in [0.3, 0.4) is 0 Å². The molecule has 1 rings (SSSR count). The largest absolute Gasteiger partial charge is 0.405 e. The Bertz CT molecular complexity index is 451. The second-order valence-corrected chi connectivity index (χ2v) is 3.08. The second-order valence-electron chi connectivity index (χ2n) is 3.08. The Morgan fingerprint density at radius 1 is 1.35 bits per heavy atom. The van der Waals surface area contributed by atoms with E-state index in [1.54, 1.807) is 17.4 Å². The summed E-state index contributed by atoms with van der Waals surface area (Å²) >= 11 is 0. The number of carbonyl (C=O) groups excluding carboxylic acids is 1. The number of hydrogen-bond donors (Lipinski definition) is 2. The third-order valence-electron chi connectivity index (χ3n) is 1.75. The quantitative estimate of drug-likeness (QED) is 0.836. The summed E-state index contributed by atoms with van der Waals surface area (Å²) in [7, 11) is 0. The molecule has 0 spiro atoms. The molecule has 0 radical (unpaired) electrons. The first-order chi connectivity index (χ1) is 7.92. The number of rotatable bonds is 2. The molecule has 90 valence electrons. The summed E-state index contributed by atoms with van der Waals surface area (Å²) in [5.74, 6) is 0. The van der Waals surface area contributed by atoms with Gasteiger partial charge in [0.2, 0.25) is 0 Å². The lowest BCUT2D eigenvalue weighted by atomic mass is 10.2. The molecule has 0 aliphatic rings. The zero-order valence-corrected chi connectivity index (χ0v) is 8.51. The van der Waals surface area contributed by atoms with E-state index in [0.29, 0.717) is 0 Å². The van der Waals surface area contributed by atoms with Gasteiger partial charge < -0.3 is 10.6 Å². The molecule has 0 bridgehead atoms. The van der Waals surface area contributed by atoms with Crippen molar-refractivity contribution < 1.29 is 18.0 Å². The minimum atomic E-state index is -4.47. The Morgan fingerprint density at radius 3 is 2.59 bits per heavy atom. The van der Waals surface area contributed by atoms with Gasteiger partial charge in [0.15, 0.2) is 0 Å². The van der Waals surface area contributed by atoms with Gasteiger partial charge in [0.25, 0.3) is 0 Å². The van der Waals surface area contributed by atoms with Gasteiger partial charge in [-0.25, -0.2) is 4.79 Å². The molecule has 1 aromatic carbocycles. The number of anilines is 1. The third-order valence-corrected chi connectivity index (χ3v) is 1.75. The number of nitrogens with zero attached hydrogens (tertiary/aromatic N) is 1. The van der Waals surface area contributed by atoms with Crippen molar-refractivity contribution in [3.05, 3.63) is 29.8 Å². The molecule has 17 heavy (non-hydrogen) atoms. The van der Waals surface area contributed by atoms with Crippen LogP contribution in [0.25, 0.3) is 0 Å². The van der Waals surface area contributed by atoms with Crippen LogP contribution in [-0.2, 0) is 0 Å². The van der Waals surface area contributed by atoms with Gasteiger partial charge in [-0.15, -0.1) is 0 Å². The van der Waals surface area contributed by atoms with E-state index in [1.165, 1.54) is 12.1 Å². The first kappa shape index (κ1) is 12.8. The van der Waals surface area contributed by atoms with Gasteiger partial charge in [0.05, 0.1) is 11.3 Å². The molecular weight excluding hydrogens is 235 g/mol. The SMILES string of the molecule is N#Cc1ccccc1NC(=O)NCC(F)(F)F. The highest BCUT2D eigenvalue weighted by atomic mass is 19.4. The number of hydrogen-bond acceptors (Lipinski definition) is 2. The highest BCUT2D eigenvalue weighted by Crippen LogP contribution is 2.14. The van der Waals surface area contributed by atoms with Crippen LogP contribution in [0.2, 0.25) is 0 Å². The predicted molar refractivity (Wildman–Crippen MR) is 54.2 cm³/mol. The monoisotopic (exact) mass is 243 g/mol. The number of nitriles is 1. The average Bonchev–Trinajstić information content (AvgIpc) is 2.26. The molecule has 4 nitrogen and oxygen atoms in total. The molecule has 0 saturated heterocycles. The minimum Gasteiger partial charge on any atom is -0.329 e. The van der Waals surface area contributed by atoms with Gasteiger partial charge in [-0.05, 0) is 12.1 Å². The molecule has 0 unspecified atom stereocenters. The number of nitrogens with one attached hydrogen (secondary N) is 2. The van der Waals surface area contributed by atoms with Gasteiger partial charge >= 0.3 is 12.2 Å². The summed E-state index contributed by atoms with van der Waals surface area (Å²) in [6.07, 6.45) is -4.47. The van der Waals surface area contributed by atoms with Crippen molar-refractivity contribution in [3.63, 3.8) is 0 Å². The summed E-state index contributed by atoms with van der Waals surface area (Å²) in [5, 5.41) is 12.5. The molecular formula is C10H8F3N3O. The lowest BCUT2D eigenvalue weighted by Gasteiger charge is -2.10. The fraction of sp³-hybridized carbons (Fsp3) is 0.200. The first-order valence-electron chi connectivity index (χ1n) is 4.53. The lowest BCUT2D eigenvalue weighted by molar-refractivity contribution is -0.122. The van der Waals surface area contributed by atoms with Crippen LogP contribution in [0.15, 0.2) is 24.3 Å². The van der Waals surface area contributed by atoms with Crippen molar-refractivity contribution in [1.82, 2.24) is 5.32 Å². The van der Waals surface area contributed by atoms with E-state index in [2.05, 4.69) is 5.32 Å². The van der Waals surface area contributed by atoms with E-state index < -0.39 is 18.8 Å². The number of amides is 2. The van der Waals surface area contributed by atoms with Crippen LogP contribution in [0, 0.1) is 11.3 Å². The Balaban J connectivity index is 2.60. The number of para-hydroxylation sites is 1. The fourth-order valence-corrected chi connectivity index (χ4v) is 1.04. The molecule has 1 aromatic rings. The topological polar surface area (TPSA) is 64.9 Å². The number of alkyl halides is 3. The van der Waals surface area contributed by atoms with Gasteiger partial charge in [-0.2, -0.15) is 18.4 Å². The number of urea groups is 1. The number of benzene rings is 1. The van der Waals surface area contributed by atoms with E-state index in [0.717, 1.165) is 0 Å². The smallest absolute Gasteiger partial charge is 0.329 e. The van der Waals surface area contributed by atoms with Gasteiger partial charge in [-0.1, -0.05) is 12.1 Å². The molecule has 2 N–H and O–H groups in total. The Hall–Kier alpha value is -2.23. The summed E-state index contributed by atoms with van der Waals surface area (Å²) in [4.78, 5) is 11.1. The number of carbonyl (C=O) groups is 1. The van der Waals surface area contributed by atoms with Gasteiger partial charge in [0.1, 0.15) is 12.6 Å². The molecule has 0 saturated carbocycles. The normalized spacial score (nSPS) is 10.5. The van der Waals surface area contributed by atoms with Crippen LogP contribution in [0.5, 0.6) is 0 Å². The fourth-order valence-electron chi connectivity index (χ4n) is 1.04. The molecule has 7 heteroatoms. The van der Waals surface area contributed by atoms with Crippen LogP contribution in [-0.4, -0.2) is 18.8 Å². The summed E-state index contributed by atoms with van der Waals surface area (Å²) < 4.78 is 35.4. The summed E-state index contributed by atoms with van der Waals surface area (Å²) in [5.41, 5.74) is 0.337. The first-order valence-corrected chi connectivity index (χ1v) is 4.53. The zero-order chi connectivity index (χ0) is 12.9. The van der Waals surface area contributed by atoms with Gasteiger partial charge in [0, 0.05) is 0 Å². The van der Waals surface area contributed by atoms with E-state index >= 15 is 0 Å². The summed E-state index contributed by atoms with van der Waals surface area (Å²) in [6.45, 7) is -1.42. The van der Waals surface area contributed by atoms with Crippen molar-refractivity contribution in [2.45, 2.75) is 6.18 Å². The van der Waals surface area contributed by atoms with E-state index in [1.807, 2.05) is 6.07 Å². The van der Waals surface area contributed by atoms with Crippen LogP contribution < -0.4 is 10.6 Å². The Labute approximate surface area is 95.0 Å². The lowest BCUT2D eigenvalue weighted by Crippen LogP contribution is -2.36. The highest BCUT2D eigenvalue weighted by Gasteiger charge is 2.27. The average molecular weight is 243 g/mol. The standard InChI is InChI=1S/C10H8F3N3O/c11-10(12,13)6-15-9(17)16-8-4-2-1-3-7(8)5-14/h1-4H,6H2,(H2,15,16,17). The molecule has 0 aromatic heterocycles. The second kappa shape index (κ2) is 5.21. The maximum Gasteiger partial charge on any atom is 0.405 e. The van der Waals surface area contributed by atoms with Crippen molar-refractivity contribution in [3.8, 4) is 6.07 Å².